The molecule has 0 aromatic heterocycles. The number of hydrazone groups is 1. The van der Waals surface area contributed by atoms with Gasteiger partial charge in [0.1, 0.15) is 0 Å². The third kappa shape index (κ3) is 5.79. The van der Waals surface area contributed by atoms with Crippen molar-refractivity contribution in [1.29, 1.82) is 0 Å². The first-order chi connectivity index (χ1) is 12.9. The summed E-state index contributed by atoms with van der Waals surface area (Å²) in [5, 5.41) is 4.18. The molecule has 1 aromatic carbocycles. The molecule has 3 rings (SSSR count). The lowest BCUT2D eigenvalue weighted by Crippen LogP contribution is -2.24. The quantitative estimate of drug-likeness (QED) is 0.618. The highest BCUT2D eigenvalue weighted by Crippen LogP contribution is 2.22. The Kier molecular flexibility index (Phi) is 6.52. The van der Waals surface area contributed by atoms with Crippen molar-refractivity contribution in [2.75, 3.05) is 29.5 Å². The van der Waals surface area contributed by atoms with E-state index in [0.717, 1.165) is 24.4 Å². The molecule has 0 saturated carbocycles. The van der Waals surface area contributed by atoms with E-state index in [2.05, 4.69) is 27.6 Å². The summed E-state index contributed by atoms with van der Waals surface area (Å²) in [5.74, 6) is -0.00595. The molecule has 27 heavy (non-hydrogen) atoms. The predicted molar refractivity (Wildman–Crippen MR) is 109 cm³/mol. The van der Waals surface area contributed by atoms with Gasteiger partial charge in [-0.3, -0.25) is 4.79 Å². The van der Waals surface area contributed by atoms with Crippen LogP contribution >= 0.6 is 0 Å². The summed E-state index contributed by atoms with van der Waals surface area (Å²) in [4.78, 5) is 14.5. The molecule has 0 unspecified atom stereocenters. The first-order valence-corrected chi connectivity index (χ1v) is 11.6. The minimum Gasteiger partial charge on any atom is -0.372 e. The summed E-state index contributed by atoms with van der Waals surface area (Å²) in [6, 6.07) is 8.30. The standard InChI is InChI=1S/C20H29N3O3S/c1-16(21-22-20(24)14-17-10-13-27(25,26)15-17)18-6-8-19(9-7-18)23-11-4-2-3-5-12-23/h6-9,17H,2-5,10-15H2,1H3,(H,22,24)/b21-16-/t17-/m1/s1. The number of benzene rings is 1. The third-order valence-electron chi connectivity index (χ3n) is 5.41. The maximum atomic E-state index is 12.0. The molecule has 0 radical (unpaired) electrons. The van der Waals surface area contributed by atoms with Gasteiger partial charge in [-0.25, -0.2) is 13.8 Å². The third-order valence-corrected chi connectivity index (χ3v) is 7.24. The fraction of sp³-hybridized carbons (Fsp3) is 0.600. The van der Waals surface area contributed by atoms with Crippen LogP contribution in [0.3, 0.4) is 0 Å². The molecule has 7 heteroatoms. The molecule has 2 heterocycles. The Bertz CT molecular complexity index is 779. The zero-order valence-corrected chi connectivity index (χ0v) is 16.8. The number of nitrogens with one attached hydrogen (secondary N) is 1. The van der Waals surface area contributed by atoms with Crippen LogP contribution < -0.4 is 10.3 Å². The van der Waals surface area contributed by atoms with E-state index in [-0.39, 0.29) is 29.8 Å². The molecule has 0 spiro atoms. The normalized spacial score (nSPS) is 23.1. The van der Waals surface area contributed by atoms with Gasteiger partial charge in [0.25, 0.3) is 0 Å². The molecule has 2 fully saturated rings. The van der Waals surface area contributed by atoms with E-state index < -0.39 is 9.84 Å². The van der Waals surface area contributed by atoms with Crippen LogP contribution in [0, 0.1) is 5.92 Å². The minimum atomic E-state index is -2.95. The smallest absolute Gasteiger partial charge is 0.240 e. The summed E-state index contributed by atoms with van der Waals surface area (Å²) < 4.78 is 22.9. The molecule has 1 atom stereocenters. The molecule has 0 bridgehead atoms. The Hall–Kier alpha value is -1.89. The van der Waals surface area contributed by atoms with Crippen molar-refractivity contribution in [2.24, 2.45) is 11.0 Å². The van der Waals surface area contributed by atoms with Gasteiger partial charge in [-0.1, -0.05) is 25.0 Å². The van der Waals surface area contributed by atoms with Crippen LogP contribution in [-0.4, -0.2) is 44.6 Å². The maximum Gasteiger partial charge on any atom is 0.240 e. The number of carbonyl (C=O) groups is 1. The average molecular weight is 392 g/mol. The molecule has 1 N–H and O–H groups in total. The van der Waals surface area contributed by atoms with Gasteiger partial charge in [-0.05, 0) is 49.8 Å². The lowest BCUT2D eigenvalue weighted by molar-refractivity contribution is -0.121. The highest BCUT2D eigenvalue weighted by Gasteiger charge is 2.29. The lowest BCUT2D eigenvalue weighted by Gasteiger charge is -2.22. The second kappa shape index (κ2) is 8.87. The van der Waals surface area contributed by atoms with Crippen LogP contribution in [-0.2, 0) is 14.6 Å². The second-order valence-electron chi connectivity index (χ2n) is 7.65. The zero-order valence-electron chi connectivity index (χ0n) is 16.0. The molecule has 0 aliphatic carbocycles. The van der Waals surface area contributed by atoms with Crippen LogP contribution in [0.5, 0.6) is 0 Å². The molecule has 1 aromatic rings. The van der Waals surface area contributed by atoms with Gasteiger partial charge in [-0.15, -0.1) is 0 Å². The van der Waals surface area contributed by atoms with Crippen molar-refractivity contribution in [2.45, 2.75) is 45.4 Å². The van der Waals surface area contributed by atoms with Crippen molar-refractivity contribution in [3.8, 4) is 0 Å². The summed E-state index contributed by atoms with van der Waals surface area (Å²) >= 11 is 0. The first-order valence-electron chi connectivity index (χ1n) is 9.82. The van der Waals surface area contributed by atoms with E-state index in [1.54, 1.807) is 0 Å². The fourth-order valence-corrected chi connectivity index (χ4v) is 5.66. The van der Waals surface area contributed by atoms with E-state index in [1.807, 2.05) is 19.1 Å². The highest BCUT2D eigenvalue weighted by molar-refractivity contribution is 7.91. The van der Waals surface area contributed by atoms with Gasteiger partial charge < -0.3 is 4.90 Å². The molecular formula is C20H29N3O3S. The summed E-state index contributed by atoms with van der Waals surface area (Å²) in [6.45, 7) is 4.08. The monoisotopic (exact) mass is 391 g/mol. The largest absolute Gasteiger partial charge is 0.372 e. The zero-order chi connectivity index (χ0) is 19.3. The van der Waals surface area contributed by atoms with Gasteiger partial charge in [0, 0.05) is 25.2 Å². The molecule has 1 amide bonds. The summed E-state index contributed by atoms with van der Waals surface area (Å²) in [7, 11) is -2.95. The molecule has 2 saturated heterocycles. The van der Waals surface area contributed by atoms with Gasteiger partial charge >= 0.3 is 0 Å². The highest BCUT2D eigenvalue weighted by atomic mass is 32.2. The van der Waals surface area contributed by atoms with Crippen LogP contribution in [0.4, 0.5) is 5.69 Å². The van der Waals surface area contributed by atoms with Gasteiger partial charge in [0.15, 0.2) is 9.84 Å². The SMILES string of the molecule is C/C(=N/NC(=O)C[C@H]1CCS(=O)(=O)C1)c1ccc(N2CCCCCC2)cc1. The summed E-state index contributed by atoms with van der Waals surface area (Å²) in [6.07, 6.45) is 5.90. The van der Waals surface area contributed by atoms with Gasteiger partial charge in [-0.2, -0.15) is 5.10 Å². The Balaban J connectivity index is 1.53. The number of carbonyl (C=O) groups excluding carboxylic acids is 1. The van der Waals surface area contributed by atoms with E-state index >= 15 is 0 Å². The van der Waals surface area contributed by atoms with Gasteiger partial charge in [0.05, 0.1) is 17.2 Å². The van der Waals surface area contributed by atoms with Crippen LogP contribution in [0.25, 0.3) is 0 Å². The van der Waals surface area contributed by atoms with Crippen molar-refractivity contribution in [3.63, 3.8) is 0 Å². The first kappa shape index (κ1) is 19.9. The Labute approximate surface area is 161 Å². The molecule has 6 nitrogen and oxygen atoms in total. The predicted octanol–water partition coefficient (Wildman–Crippen LogP) is 2.73. The lowest BCUT2D eigenvalue weighted by atomic mass is 10.1. The van der Waals surface area contributed by atoms with E-state index in [9.17, 15) is 13.2 Å². The summed E-state index contributed by atoms with van der Waals surface area (Å²) in [5.41, 5.74) is 5.51. The number of hydrogen-bond acceptors (Lipinski definition) is 5. The Morgan fingerprint density at radius 2 is 1.81 bits per heavy atom. The van der Waals surface area contributed by atoms with E-state index in [4.69, 9.17) is 0 Å². The number of hydrogen-bond donors (Lipinski definition) is 1. The van der Waals surface area contributed by atoms with Crippen LogP contribution in [0.2, 0.25) is 0 Å². The van der Waals surface area contributed by atoms with Crippen molar-refractivity contribution >= 4 is 27.1 Å². The topological polar surface area (TPSA) is 78.8 Å². The number of anilines is 1. The fourth-order valence-electron chi connectivity index (χ4n) is 3.79. The van der Waals surface area contributed by atoms with Crippen molar-refractivity contribution in [3.05, 3.63) is 29.8 Å². The van der Waals surface area contributed by atoms with Crippen molar-refractivity contribution < 1.29 is 13.2 Å². The molecule has 148 valence electrons. The van der Waals surface area contributed by atoms with E-state index in [1.165, 1.54) is 31.4 Å². The number of amides is 1. The van der Waals surface area contributed by atoms with Crippen LogP contribution in [0.15, 0.2) is 29.4 Å². The average Bonchev–Trinajstić information content (AvgIpc) is 2.85. The van der Waals surface area contributed by atoms with E-state index in [0.29, 0.717) is 6.42 Å². The number of nitrogens with zero attached hydrogens (tertiary/aromatic N) is 2. The van der Waals surface area contributed by atoms with Crippen LogP contribution in [0.1, 0.15) is 51.0 Å². The second-order valence-corrected chi connectivity index (χ2v) is 9.88. The molecular weight excluding hydrogens is 362 g/mol. The number of rotatable bonds is 5. The molecule has 2 aliphatic heterocycles. The van der Waals surface area contributed by atoms with Gasteiger partial charge in [0.2, 0.25) is 5.91 Å². The number of sulfone groups is 1. The van der Waals surface area contributed by atoms with Crippen molar-refractivity contribution in [1.82, 2.24) is 5.43 Å². The molecule has 2 aliphatic rings. The Morgan fingerprint density at radius 1 is 1.15 bits per heavy atom. The Morgan fingerprint density at radius 3 is 2.41 bits per heavy atom. The minimum absolute atomic E-state index is 0.0848. The maximum absolute atomic E-state index is 12.0.